The van der Waals surface area contributed by atoms with Crippen LogP contribution in [0.1, 0.15) is 16.6 Å². The number of hydrogen-bond donors (Lipinski definition) is 0. The molecular weight excluding hydrogens is 216 g/mol. The Kier molecular flexibility index (Phi) is 3.91. The summed E-state index contributed by atoms with van der Waals surface area (Å²) in [6, 6.07) is 3.20. The molecule has 1 heterocycles. The molecule has 0 N–H and O–H groups in total. The minimum absolute atomic E-state index is 0.121. The topological polar surface area (TPSA) is 79.8 Å². The van der Waals surface area contributed by atoms with Crippen LogP contribution < -0.4 is 0 Å². The first-order valence-corrected chi connectivity index (χ1v) is 5.06. The zero-order chi connectivity index (χ0) is 11.3. The lowest BCUT2D eigenvalue weighted by molar-refractivity contribution is -0.139. The van der Waals surface area contributed by atoms with Gasteiger partial charge in [0, 0.05) is 0 Å². The number of thiophene rings is 1. The van der Waals surface area contributed by atoms with Crippen molar-refractivity contribution in [2.45, 2.75) is 6.92 Å². The van der Waals surface area contributed by atoms with Gasteiger partial charge in [0.1, 0.15) is 0 Å². The van der Waals surface area contributed by atoms with Gasteiger partial charge in [-0.2, -0.15) is 4.79 Å². The standard InChI is InChI=1S/C9H8N2O3S/c1-2-14-9(13)7(11-10)8(12)6-4-3-5-15-6/h3-5H,2H2,1H3. The fraction of sp³-hybridized carbons (Fsp3) is 0.222. The lowest BCUT2D eigenvalue weighted by Gasteiger charge is -1.94. The molecular formula is C9H8N2O3S. The van der Waals surface area contributed by atoms with Crippen LogP contribution in [0.5, 0.6) is 0 Å². The Hall–Kier alpha value is -1.78. The molecule has 6 heteroatoms. The van der Waals surface area contributed by atoms with Crippen LogP contribution in [-0.4, -0.2) is 28.9 Å². The van der Waals surface area contributed by atoms with E-state index < -0.39 is 17.5 Å². The van der Waals surface area contributed by atoms with Crippen LogP contribution in [-0.2, 0) is 9.53 Å². The molecule has 0 aromatic carbocycles. The number of rotatable bonds is 4. The Bertz CT molecular complexity index is 419. The highest BCUT2D eigenvalue weighted by atomic mass is 32.1. The summed E-state index contributed by atoms with van der Waals surface area (Å²) in [6.45, 7) is 1.72. The second-order valence-electron chi connectivity index (χ2n) is 2.48. The summed E-state index contributed by atoms with van der Waals surface area (Å²) < 4.78 is 4.57. The third kappa shape index (κ3) is 2.59. The smallest absolute Gasteiger partial charge is 0.447 e. The predicted molar refractivity (Wildman–Crippen MR) is 53.9 cm³/mol. The lowest BCUT2D eigenvalue weighted by atomic mass is 10.2. The lowest BCUT2D eigenvalue weighted by Crippen LogP contribution is -2.26. The maximum Gasteiger partial charge on any atom is 0.447 e. The molecule has 1 rings (SSSR count). The van der Waals surface area contributed by atoms with Gasteiger partial charge in [-0.3, -0.25) is 4.79 Å². The first-order chi connectivity index (χ1) is 7.20. The summed E-state index contributed by atoms with van der Waals surface area (Å²) in [6.07, 6.45) is 0. The molecule has 0 spiro atoms. The van der Waals surface area contributed by atoms with Gasteiger partial charge >= 0.3 is 11.7 Å². The maximum absolute atomic E-state index is 11.6. The van der Waals surface area contributed by atoms with Gasteiger partial charge in [0.05, 0.1) is 11.5 Å². The first kappa shape index (κ1) is 11.3. The van der Waals surface area contributed by atoms with Crippen LogP contribution in [0.3, 0.4) is 0 Å². The van der Waals surface area contributed by atoms with Crippen LogP contribution in [0.25, 0.3) is 5.53 Å². The molecule has 0 aliphatic heterocycles. The number of carbonyl (C=O) groups is 2. The van der Waals surface area contributed by atoms with Gasteiger partial charge in [-0.05, 0) is 18.4 Å². The Morgan fingerprint density at radius 3 is 2.80 bits per heavy atom. The summed E-state index contributed by atoms with van der Waals surface area (Å²) >= 11 is 1.16. The highest BCUT2D eigenvalue weighted by Crippen LogP contribution is 2.09. The molecule has 0 saturated carbocycles. The van der Waals surface area contributed by atoms with Gasteiger partial charge in [-0.1, -0.05) is 6.07 Å². The Labute approximate surface area is 89.9 Å². The van der Waals surface area contributed by atoms with Gasteiger partial charge in [-0.25, -0.2) is 4.79 Å². The molecule has 0 atom stereocenters. The minimum Gasteiger partial charge on any atom is -0.457 e. The number of ketones is 1. The number of Topliss-reactive ketones (excluding diaryl/α,β-unsaturated/α-hetero) is 1. The Balaban J connectivity index is 2.91. The van der Waals surface area contributed by atoms with Gasteiger partial charge in [0.25, 0.3) is 5.78 Å². The van der Waals surface area contributed by atoms with Crippen molar-refractivity contribution in [3.63, 3.8) is 0 Å². The van der Waals surface area contributed by atoms with E-state index in [1.54, 1.807) is 18.4 Å². The summed E-state index contributed by atoms with van der Waals surface area (Å²) in [5, 5.41) is 1.69. The molecule has 1 aromatic heterocycles. The van der Waals surface area contributed by atoms with Crippen molar-refractivity contribution in [3.05, 3.63) is 27.9 Å². The molecule has 0 amide bonds. The van der Waals surface area contributed by atoms with Crippen LogP contribution in [0, 0.1) is 0 Å². The van der Waals surface area contributed by atoms with Crippen LogP contribution in [0.15, 0.2) is 17.5 Å². The third-order valence-corrected chi connectivity index (χ3v) is 2.40. The molecule has 0 unspecified atom stereocenters. The summed E-state index contributed by atoms with van der Waals surface area (Å²) in [7, 11) is 0. The zero-order valence-electron chi connectivity index (χ0n) is 7.97. The summed E-state index contributed by atoms with van der Waals surface area (Å²) in [4.78, 5) is 25.7. The second-order valence-corrected chi connectivity index (χ2v) is 3.42. The van der Waals surface area contributed by atoms with E-state index in [9.17, 15) is 9.59 Å². The highest BCUT2D eigenvalue weighted by molar-refractivity contribution is 7.13. The fourth-order valence-corrected chi connectivity index (χ4v) is 1.57. The average Bonchev–Trinajstić information content (AvgIpc) is 2.71. The predicted octanol–water partition coefficient (Wildman–Crippen LogP) is 1.16. The molecule has 0 saturated heterocycles. The van der Waals surface area contributed by atoms with Crippen molar-refractivity contribution < 1.29 is 19.1 Å². The fourth-order valence-electron chi connectivity index (χ4n) is 0.903. The molecule has 0 radical (unpaired) electrons. The first-order valence-electron chi connectivity index (χ1n) is 4.18. The van der Waals surface area contributed by atoms with Crippen molar-refractivity contribution in [1.82, 2.24) is 0 Å². The van der Waals surface area contributed by atoms with E-state index in [-0.39, 0.29) is 6.61 Å². The van der Waals surface area contributed by atoms with Gasteiger partial charge < -0.3 is 10.3 Å². The van der Waals surface area contributed by atoms with E-state index in [1.807, 2.05) is 0 Å². The normalized spacial score (nSPS) is 9.13. The van der Waals surface area contributed by atoms with Gasteiger partial charge in [0.15, 0.2) is 0 Å². The number of esters is 1. The van der Waals surface area contributed by atoms with Crippen molar-refractivity contribution in [2.75, 3.05) is 6.61 Å². The maximum atomic E-state index is 11.6. The second kappa shape index (κ2) is 5.19. The minimum atomic E-state index is -0.918. The van der Waals surface area contributed by atoms with E-state index in [0.717, 1.165) is 11.3 Å². The molecule has 0 aliphatic rings. The van der Waals surface area contributed by atoms with Crippen molar-refractivity contribution in [2.24, 2.45) is 0 Å². The van der Waals surface area contributed by atoms with Crippen molar-refractivity contribution in [3.8, 4) is 0 Å². The molecule has 5 nitrogen and oxygen atoms in total. The monoisotopic (exact) mass is 224 g/mol. The SMILES string of the molecule is CCOC(=O)C(=[N+]=[N-])C(=O)c1cccs1. The van der Waals surface area contributed by atoms with Gasteiger partial charge in [0.2, 0.25) is 0 Å². The van der Waals surface area contributed by atoms with Crippen LogP contribution in [0.2, 0.25) is 0 Å². The zero-order valence-corrected chi connectivity index (χ0v) is 8.78. The van der Waals surface area contributed by atoms with E-state index in [2.05, 4.69) is 9.53 Å². The van der Waals surface area contributed by atoms with E-state index in [4.69, 9.17) is 5.53 Å². The highest BCUT2D eigenvalue weighted by Gasteiger charge is 2.32. The molecule has 0 aliphatic carbocycles. The van der Waals surface area contributed by atoms with E-state index in [0.29, 0.717) is 4.88 Å². The van der Waals surface area contributed by atoms with Crippen LogP contribution >= 0.6 is 11.3 Å². The van der Waals surface area contributed by atoms with E-state index >= 15 is 0 Å². The summed E-state index contributed by atoms with van der Waals surface area (Å²) in [5.41, 5.74) is 7.97. The average molecular weight is 224 g/mol. The number of nitrogens with zero attached hydrogens (tertiary/aromatic N) is 2. The largest absolute Gasteiger partial charge is 0.457 e. The molecule has 1 aromatic rings. The molecule has 15 heavy (non-hydrogen) atoms. The van der Waals surface area contributed by atoms with Crippen LogP contribution in [0.4, 0.5) is 0 Å². The van der Waals surface area contributed by atoms with E-state index in [1.165, 1.54) is 6.07 Å². The number of carbonyl (C=O) groups excluding carboxylic acids is 2. The molecule has 78 valence electrons. The van der Waals surface area contributed by atoms with Crippen molar-refractivity contribution in [1.29, 1.82) is 0 Å². The number of hydrogen-bond acceptors (Lipinski definition) is 4. The molecule has 0 fully saturated rings. The summed E-state index contributed by atoms with van der Waals surface area (Å²) in [5.74, 6) is -1.55. The Morgan fingerprint density at radius 2 is 2.33 bits per heavy atom. The number of ether oxygens (including phenoxy) is 1. The third-order valence-electron chi connectivity index (χ3n) is 1.53. The quantitative estimate of drug-likeness (QED) is 0.192. The molecule has 0 bridgehead atoms. The van der Waals surface area contributed by atoms with Gasteiger partial charge in [-0.15, -0.1) is 11.3 Å². The Morgan fingerprint density at radius 1 is 1.60 bits per heavy atom. The van der Waals surface area contributed by atoms with Crippen molar-refractivity contribution >= 4 is 28.8 Å².